The summed E-state index contributed by atoms with van der Waals surface area (Å²) in [6, 6.07) is 9.61. The molecule has 1 aromatic carbocycles. The van der Waals surface area contributed by atoms with Crippen LogP contribution < -0.4 is 5.73 Å². The summed E-state index contributed by atoms with van der Waals surface area (Å²) in [5.41, 5.74) is 7.12. The Balaban J connectivity index is 2.32. The van der Waals surface area contributed by atoms with Crippen LogP contribution in [0, 0.1) is 0 Å². The van der Waals surface area contributed by atoms with Crippen LogP contribution in [0.5, 0.6) is 0 Å². The summed E-state index contributed by atoms with van der Waals surface area (Å²) < 4.78 is 0. The molecule has 0 aliphatic heterocycles. The zero-order valence-electron chi connectivity index (χ0n) is 11.1. The highest BCUT2D eigenvalue weighted by molar-refractivity contribution is 7.99. The van der Waals surface area contributed by atoms with Gasteiger partial charge in [-0.2, -0.15) is 0 Å². The molecule has 0 bridgehead atoms. The number of hydrogen-bond donors (Lipinski definition) is 1. The summed E-state index contributed by atoms with van der Waals surface area (Å²) in [6.45, 7) is 2.07. The molecule has 0 spiro atoms. The van der Waals surface area contributed by atoms with E-state index in [-0.39, 0.29) is 6.04 Å². The maximum Gasteiger partial charge on any atom is 0.119 e. The summed E-state index contributed by atoms with van der Waals surface area (Å²) in [4.78, 5) is 5.36. The molecule has 2 aromatic rings. The quantitative estimate of drug-likeness (QED) is 0.856. The minimum atomic E-state index is 0.105. The predicted molar refractivity (Wildman–Crippen MR) is 86.8 cm³/mol. The molecule has 20 heavy (non-hydrogen) atoms. The lowest BCUT2D eigenvalue weighted by atomic mass is 10.0. The Morgan fingerprint density at radius 2 is 1.95 bits per heavy atom. The van der Waals surface area contributed by atoms with Crippen LogP contribution in [-0.4, -0.2) is 11.0 Å². The second-order valence-corrected chi connectivity index (χ2v) is 6.33. The third-order valence-corrected chi connectivity index (χ3v) is 4.89. The molecular formula is C15H16Cl2N2S. The molecule has 106 valence electrons. The van der Waals surface area contributed by atoms with Gasteiger partial charge in [-0.1, -0.05) is 48.0 Å². The van der Waals surface area contributed by atoms with Gasteiger partial charge in [0.2, 0.25) is 0 Å². The van der Waals surface area contributed by atoms with Crippen molar-refractivity contribution in [2.24, 2.45) is 5.73 Å². The van der Waals surface area contributed by atoms with Crippen molar-refractivity contribution in [1.82, 2.24) is 4.98 Å². The van der Waals surface area contributed by atoms with Crippen molar-refractivity contribution in [3.8, 4) is 0 Å². The lowest BCUT2D eigenvalue weighted by Crippen LogP contribution is -2.21. The Morgan fingerprint density at radius 3 is 2.65 bits per heavy atom. The van der Waals surface area contributed by atoms with Crippen molar-refractivity contribution in [3.05, 3.63) is 52.1 Å². The number of halogens is 2. The maximum atomic E-state index is 6.31. The number of hydrogen-bond acceptors (Lipinski definition) is 3. The van der Waals surface area contributed by atoms with Crippen molar-refractivity contribution < 1.29 is 0 Å². The zero-order chi connectivity index (χ0) is 14.5. The van der Waals surface area contributed by atoms with Gasteiger partial charge in [-0.25, -0.2) is 4.98 Å². The first-order valence-corrected chi connectivity index (χ1v) is 8.00. The zero-order valence-corrected chi connectivity index (χ0v) is 13.5. The van der Waals surface area contributed by atoms with E-state index in [0.29, 0.717) is 5.02 Å². The minimum Gasteiger partial charge on any atom is -0.327 e. The molecule has 2 rings (SSSR count). The molecule has 1 unspecified atom stereocenters. The largest absolute Gasteiger partial charge is 0.327 e. The Kier molecular flexibility index (Phi) is 5.73. The van der Waals surface area contributed by atoms with E-state index in [4.69, 9.17) is 28.9 Å². The first-order chi connectivity index (χ1) is 9.61. The summed E-state index contributed by atoms with van der Waals surface area (Å²) >= 11 is 14.0. The maximum absolute atomic E-state index is 6.31. The lowest BCUT2D eigenvalue weighted by Gasteiger charge is -2.14. The van der Waals surface area contributed by atoms with Gasteiger partial charge in [0.25, 0.3) is 0 Å². The SMILES string of the molecule is CCC(N)Cc1c(Cl)cccc1Sc1ncccc1Cl. The van der Waals surface area contributed by atoms with E-state index < -0.39 is 0 Å². The molecule has 0 saturated heterocycles. The fourth-order valence-electron chi connectivity index (χ4n) is 1.79. The Morgan fingerprint density at radius 1 is 1.20 bits per heavy atom. The van der Waals surface area contributed by atoms with Gasteiger partial charge in [-0.15, -0.1) is 0 Å². The molecule has 2 nitrogen and oxygen atoms in total. The number of benzene rings is 1. The minimum absolute atomic E-state index is 0.105. The van der Waals surface area contributed by atoms with E-state index in [1.807, 2.05) is 30.3 Å². The molecular weight excluding hydrogens is 311 g/mol. The average molecular weight is 327 g/mol. The normalized spacial score (nSPS) is 12.4. The highest BCUT2D eigenvalue weighted by Crippen LogP contribution is 2.36. The summed E-state index contributed by atoms with van der Waals surface area (Å²) in [5.74, 6) is 0. The second-order valence-electron chi connectivity index (χ2n) is 4.48. The number of rotatable bonds is 5. The fraction of sp³-hybridized carbons (Fsp3) is 0.267. The van der Waals surface area contributed by atoms with Crippen LogP contribution in [0.15, 0.2) is 46.5 Å². The van der Waals surface area contributed by atoms with Crippen molar-refractivity contribution in [2.45, 2.75) is 35.7 Å². The van der Waals surface area contributed by atoms with Gasteiger partial charge in [0.1, 0.15) is 5.03 Å². The number of aromatic nitrogens is 1. The van der Waals surface area contributed by atoms with Crippen molar-refractivity contribution in [2.75, 3.05) is 0 Å². The smallest absolute Gasteiger partial charge is 0.119 e. The van der Waals surface area contributed by atoms with Gasteiger partial charge < -0.3 is 5.73 Å². The molecule has 0 amide bonds. The average Bonchev–Trinajstić information content (AvgIpc) is 2.44. The van der Waals surface area contributed by atoms with E-state index in [1.165, 1.54) is 11.8 Å². The van der Waals surface area contributed by atoms with Crippen LogP contribution in [0.4, 0.5) is 0 Å². The molecule has 0 radical (unpaired) electrons. The fourth-order valence-corrected chi connectivity index (χ4v) is 3.29. The van der Waals surface area contributed by atoms with E-state index in [1.54, 1.807) is 6.20 Å². The van der Waals surface area contributed by atoms with Gasteiger partial charge >= 0.3 is 0 Å². The number of nitrogens with two attached hydrogens (primary N) is 1. The summed E-state index contributed by atoms with van der Waals surface area (Å²) in [5, 5.41) is 2.16. The van der Waals surface area contributed by atoms with Gasteiger partial charge in [-0.05, 0) is 42.7 Å². The van der Waals surface area contributed by atoms with E-state index in [9.17, 15) is 0 Å². The molecule has 0 saturated carbocycles. The van der Waals surface area contributed by atoms with Gasteiger partial charge in [0, 0.05) is 22.2 Å². The molecule has 1 aromatic heterocycles. The highest BCUT2D eigenvalue weighted by Gasteiger charge is 2.13. The topological polar surface area (TPSA) is 38.9 Å². The second kappa shape index (κ2) is 7.32. The third-order valence-electron chi connectivity index (χ3n) is 3.00. The van der Waals surface area contributed by atoms with E-state index in [2.05, 4.69) is 11.9 Å². The number of nitrogens with zero attached hydrogens (tertiary/aromatic N) is 1. The van der Waals surface area contributed by atoms with Crippen molar-refractivity contribution >= 4 is 35.0 Å². The van der Waals surface area contributed by atoms with Gasteiger partial charge in [0.05, 0.1) is 5.02 Å². The van der Waals surface area contributed by atoms with E-state index in [0.717, 1.165) is 33.3 Å². The standard InChI is InChI=1S/C15H16Cl2N2S/c1-2-10(18)9-11-12(16)5-3-7-14(11)20-15-13(17)6-4-8-19-15/h3-8,10H,2,9,18H2,1H3. The third kappa shape index (κ3) is 3.89. The van der Waals surface area contributed by atoms with Crippen molar-refractivity contribution in [1.29, 1.82) is 0 Å². The molecule has 0 aliphatic rings. The first kappa shape index (κ1) is 15.6. The Bertz CT molecular complexity index is 590. The Hall–Kier alpha value is -0.740. The predicted octanol–water partition coefficient (Wildman–Crippen LogP) is 4.82. The van der Waals surface area contributed by atoms with Gasteiger partial charge in [-0.3, -0.25) is 0 Å². The molecule has 2 N–H and O–H groups in total. The highest BCUT2D eigenvalue weighted by atomic mass is 35.5. The lowest BCUT2D eigenvalue weighted by molar-refractivity contribution is 0.641. The summed E-state index contributed by atoms with van der Waals surface area (Å²) in [7, 11) is 0. The van der Waals surface area contributed by atoms with Crippen LogP contribution in [-0.2, 0) is 6.42 Å². The first-order valence-electron chi connectivity index (χ1n) is 6.43. The summed E-state index contributed by atoms with van der Waals surface area (Å²) in [6.07, 6.45) is 3.40. The molecule has 1 heterocycles. The number of pyridine rings is 1. The molecule has 0 fully saturated rings. The van der Waals surface area contributed by atoms with Crippen LogP contribution in [0.25, 0.3) is 0 Å². The monoisotopic (exact) mass is 326 g/mol. The van der Waals surface area contributed by atoms with Crippen LogP contribution >= 0.6 is 35.0 Å². The van der Waals surface area contributed by atoms with Crippen LogP contribution in [0.2, 0.25) is 10.0 Å². The van der Waals surface area contributed by atoms with Crippen LogP contribution in [0.1, 0.15) is 18.9 Å². The Labute approximate surface area is 133 Å². The molecule has 0 aliphatic carbocycles. The molecule has 5 heteroatoms. The van der Waals surface area contributed by atoms with Crippen molar-refractivity contribution in [3.63, 3.8) is 0 Å². The van der Waals surface area contributed by atoms with E-state index >= 15 is 0 Å². The van der Waals surface area contributed by atoms with Gasteiger partial charge in [0.15, 0.2) is 0 Å². The molecule has 1 atom stereocenters. The van der Waals surface area contributed by atoms with Crippen LogP contribution in [0.3, 0.4) is 0 Å².